The second kappa shape index (κ2) is 9.13. The van der Waals surface area contributed by atoms with Gasteiger partial charge in [-0.3, -0.25) is 0 Å². The summed E-state index contributed by atoms with van der Waals surface area (Å²) in [6.07, 6.45) is 0. The second-order valence-corrected chi connectivity index (χ2v) is 8.96. The fourth-order valence-corrected chi connectivity index (χ4v) is 4.98. The summed E-state index contributed by atoms with van der Waals surface area (Å²) in [6.45, 7) is 3.01. The van der Waals surface area contributed by atoms with Crippen molar-refractivity contribution in [3.63, 3.8) is 0 Å². The minimum Gasteiger partial charge on any atom is -0.418 e. The van der Waals surface area contributed by atoms with Crippen molar-refractivity contribution in [1.29, 1.82) is 0 Å². The van der Waals surface area contributed by atoms with Crippen LogP contribution in [0.15, 0.2) is 95.4 Å². The van der Waals surface area contributed by atoms with Gasteiger partial charge in [0, 0.05) is 50.2 Å². The van der Waals surface area contributed by atoms with Crippen LogP contribution in [0, 0.1) is 5.82 Å². The van der Waals surface area contributed by atoms with Crippen molar-refractivity contribution in [2.45, 2.75) is 19.5 Å². The maximum atomic E-state index is 13.9. The summed E-state index contributed by atoms with van der Waals surface area (Å²) < 4.78 is 22.2. The number of benzene rings is 4. The van der Waals surface area contributed by atoms with E-state index in [2.05, 4.69) is 57.3 Å². The van der Waals surface area contributed by atoms with Gasteiger partial charge in [0.2, 0.25) is 11.8 Å². The maximum absolute atomic E-state index is 13.9. The molecule has 6 aromatic rings. The number of rotatable bonds is 6. The maximum Gasteiger partial charge on any atom is 0.247 e. The van der Waals surface area contributed by atoms with Crippen LogP contribution < -0.4 is 5.32 Å². The number of fused-ring (bicyclic) bond motifs is 3. The summed E-state index contributed by atoms with van der Waals surface area (Å²) in [5.41, 5.74) is 4.65. The summed E-state index contributed by atoms with van der Waals surface area (Å²) in [5.74, 6) is 0.322. The van der Waals surface area contributed by atoms with Crippen molar-refractivity contribution in [1.82, 2.24) is 14.8 Å². The Labute approximate surface area is 212 Å². The molecule has 6 rings (SSSR count). The third-order valence-corrected chi connectivity index (χ3v) is 6.71. The van der Waals surface area contributed by atoms with Crippen molar-refractivity contribution in [3.8, 4) is 11.5 Å². The third kappa shape index (κ3) is 3.89. The van der Waals surface area contributed by atoms with Crippen LogP contribution in [0.4, 0.5) is 10.1 Å². The van der Waals surface area contributed by atoms with E-state index >= 15 is 0 Å². The molecule has 2 heterocycles. The lowest BCUT2D eigenvalue weighted by atomic mass is 10.1. The molecule has 0 amide bonds. The van der Waals surface area contributed by atoms with Crippen molar-refractivity contribution >= 4 is 39.1 Å². The number of nitrogens with one attached hydrogen (secondary N) is 1. The van der Waals surface area contributed by atoms with Crippen molar-refractivity contribution in [2.24, 2.45) is 0 Å². The van der Waals surface area contributed by atoms with Crippen molar-refractivity contribution in [2.75, 3.05) is 5.32 Å². The molecule has 2 aromatic heterocycles. The van der Waals surface area contributed by atoms with E-state index in [0.29, 0.717) is 17.3 Å². The minimum atomic E-state index is -0.583. The van der Waals surface area contributed by atoms with E-state index in [0.717, 1.165) is 28.7 Å². The van der Waals surface area contributed by atoms with E-state index in [1.807, 2.05) is 42.5 Å². The van der Waals surface area contributed by atoms with Crippen LogP contribution in [0.1, 0.15) is 24.4 Å². The van der Waals surface area contributed by atoms with Gasteiger partial charge >= 0.3 is 0 Å². The predicted octanol–water partition coefficient (Wildman–Crippen LogP) is 7.86. The molecule has 0 unspecified atom stereocenters. The van der Waals surface area contributed by atoms with Gasteiger partial charge in [0.1, 0.15) is 11.9 Å². The molecule has 0 aliphatic rings. The smallest absolute Gasteiger partial charge is 0.247 e. The van der Waals surface area contributed by atoms with Gasteiger partial charge in [-0.25, -0.2) is 4.39 Å². The van der Waals surface area contributed by atoms with Crippen LogP contribution in [-0.2, 0) is 6.54 Å². The van der Waals surface area contributed by atoms with Crippen LogP contribution in [0.2, 0.25) is 5.02 Å². The lowest BCUT2D eigenvalue weighted by Crippen LogP contribution is -2.13. The Morgan fingerprint density at radius 2 is 1.67 bits per heavy atom. The first-order valence-corrected chi connectivity index (χ1v) is 12.1. The number of nitrogens with zero attached hydrogens (tertiary/aromatic N) is 3. The zero-order valence-electron chi connectivity index (χ0n) is 19.5. The monoisotopic (exact) mass is 496 g/mol. The Kier molecular flexibility index (Phi) is 5.66. The van der Waals surface area contributed by atoms with Gasteiger partial charge in [-0.15, -0.1) is 10.2 Å². The number of para-hydroxylation sites is 1. The number of hydrogen-bond donors (Lipinski definition) is 1. The van der Waals surface area contributed by atoms with E-state index in [4.69, 9.17) is 16.0 Å². The Morgan fingerprint density at radius 1 is 0.889 bits per heavy atom. The van der Waals surface area contributed by atoms with Crippen LogP contribution in [0.5, 0.6) is 0 Å². The van der Waals surface area contributed by atoms with E-state index in [9.17, 15) is 4.39 Å². The quantitative estimate of drug-likeness (QED) is 0.255. The molecule has 0 bridgehead atoms. The Bertz CT molecular complexity index is 1690. The third-order valence-electron chi connectivity index (χ3n) is 6.38. The number of anilines is 1. The highest BCUT2D eigenvalue weighted by atomic mass is 35.5. The molecule has 0 fully saturated rings. The molecule has 0 aliphatic carbocycles. The molecule has 5 nitrogen and oxygen atoms in total. The van der Waals surface area contributed by atoms with Gasteiger partial charge in [0.05, 0.1) is 0 Å². The van der Waals surface area contributed by atoms with Gasteiger partial charge in [0.25, 0.3) is 0 Å². The van der Waals surface area contributed by atoms with Crippen LogP contribution in [0.25, 0.3) is 33.3 Å². The van der Waals surface area contributed by atoms with E-state index in [-0.39, 0.29) is 5.02 Å². The normalized spacial score (nSPS) is 12.3. The molecule has 0 aliphatic heterocycles. The van der Waals surface area contributed by atoms with Gasteiger partial charge < -0.3 is 14.3 Å². The molecular weight excluding hydrogens is 475 g/mol. The second-order valence-electron chi connectivity index (χ2n) is 8.55. The topological polar surface area (TPSA) is 55.9 Å². The van der Waals surface area contributed by atoms with Gasteiger partial charge in [-0.2, -0.15) is 0 Å². The molecule has 0 spiro atoms. The first kappa shape index (κ1) is 22.3. The molecule has 178 valence electrons. The van der Waals surface area contributed by atoms with Gasteiger partial charge in [-0.05, 0) is 55.5 Å². The Hall–Kier alpha value is -4.16. The van der Waals surface area contributed by atoms with Crippen LogP contribution in [0.3, 0.4) is 0 Å². The largest absolute Gasteiger partial charge is 0.418 e. The lowest BCUT2D eigenvalue weighted by Gasteiger charge is -2.18. The molecule has 0 saturated carbocycles. The summed E-state index contributed by atoms with van der Waals surface area (Å²) in [4.78, 5) is 0. The van der Waals surface area contributed by atoms with Gasteiger partial charge in [-0.1, -0.05) is 54.1 Å². The standard InChI is InChI=1S/C29H22ClFN4O/c1-2-35-25-11-7-6-10-21(25)23-17-20(13-15-26(23)35)32-27(22-14-12-19(31)16-24(22)30)29-34-33-28(36-29)18-8-4-3-5-9-18/h3-17,27,32H,2H2,1H3/t27-/m1/s1. The Balaban J connectivity index is 1.45. The van der Waals surface area contributed by atoms with Crippen molar-refractivity contribution < 1.29 is 8.81 Å². The number of aryl methyl sites for hydroxylation is 1. The molecule has 36 heavy (non-hydrogen) atoms. The van der Waals surface area contributed by atoms with E-state index in [1.165, 1.54) is 23.0 Å². The Morgan fingerprint density at radius 3 is 2.47 bits per heavy atom. The highest BCUT2D eigenvalue weighted by Gasteiger charge is 2.24. The molecule has 0 radical (unpaired) electrons. The first-order valence-electron chi connectivity index (χ1n) is 11.7. The number of halogens is 2. The van der Waals surface area contributed by atoms with Crippen molar-refractivity contribution in [3.05, 3.63) is 113 Å². The average Bonchev–Trinajstić information content (AvgIpc) is 3.51. The first-order chi connectivity index (χ1) is 17.6. The minimum absolute atomic E-state index is 0.274. The molecule has 7 heteroatoms. The fourth-order valence-electron chi connectivity index (χ4n) is 4.71. The van der Waals surface area contributed by atoms with Crippen LogP contribution >= 0.6 is 11.6 Å². The van der Waals surface area contributed by atoms with E-state index < -0.39 is 11.9 Å². The number of hydrogen-bond acceptors (Lipinski definition) is 4. The summed E-state index contributed by atoms with van der Waals surface area (Å²) in [6, 6.07) is 27.9. The summed E-state index contributed by atoms with van der Waals surface area (Å²) in [5, 5.41) is 14.7. The van der Waals surface area contributed by atoms with E-state index in [1.54, 1.807) is 6.07 Å². The summed E-state index contributed by atoms with van der Waals surface area (Å²) >= 11 is 6.49. The average molecular weight is 497 g/mol. The van der Waals surface area contributed by atoms with Crippen LogP contribution in [-0.4, -0.2) is 14.8 Å². The molecule has 4 aromatic carbocycles. The predicted molar refractivity (Wildman–Crippen MR) is 142 cm³/mol. The number of aromatic nitrogens is 3. The fraction of sp³-hybridized carbons (Fsp3) is 0.103. The zero-order valence-corrected chi connectivity index (χ0v) is 20.2. The molecule has 0 saturated heterocycles. The summed E-state index contributed by atoms with van der Waals surface area (Å²) in [7, 11) is 0. The zero-order chi connectivity index (χ0) is 24.6. The lowest BCUT2D eigenvalue weighted by molar-refractivity contribution is 0.494. The highest BCUT2D eigenvalue weighted by Crippen LogP contribution is 2.35. The SMILES string of the molecule is CCn1c2ccccc2c2cc(N[C@@H](c3nnc(-c4ccccc4)o3)c3ccc(F)cc3Cl)ccc21. The van der Waals surface area contributed by atoms with Gasteiger partial charge in [0.15, 0.2) is 0 Å². The highest BCUT2D eigenvalue weighted by molar-refractivity contribution is 6.31. The molecular formula is C29H22ClFN4O. The molecule has 1 atom stereocenters. The molecule has 1 N–H and O–H groups in total.